The van der Waals surface area contributed by atoms with Crippen LogP contribution in [0, 0.1) is 56.2 Å². The summed E-state index contributed by atoms with van der Waals surface area (Å²) in [5.41, 5.74) is 3.96. The van der Waals surface area contributed by atoms with Gasteiger partial charge in [-0.1, -0.05) is 63.6 Å². The van der Waals surface area contributed by atoms with Crippen LogP contribution in [0.2, 0.25) is 0 Å². The van der Waals surface area contributed by atoms with Gasteiger partial charge in [-0.15, -0.1) is 0 Å². The highest BCUT2D eigenvalue weighted by atomic mass is 16.3. The van der Waals surface area contributed by atoms with Crippen molar-refractivity contribution in [3.05, 3.63) is 28.7 Å². The van der Waals surface area contributed by atoms with Crippen molar-refractivity contribution in [1.29, 1.82) is 0 Å². The number of fused-ring (bicyclic) bond motifs is 7. The molecule has 4 saturated carbocycles. The van der Waals surface area contributed by atoms with Crippen LogP contribution >= 0.6 is 0 Å². The quantitative estimate of drug-likeness (QED) is 0.314. The lowest BCUT2D eigenvalue weighted by atomic mass is 9.33. The predicted molar refractivity (Wildman–Crippen MR) is 134 cm³/mol. The number of allylic oxidation sites excluding steroid dienone is 3. The third-order valence-electron chi connectivity index (χ3n) is 13.2. The number of nitroso groups, excluding NO2 is 1. The van der Waals surface area contributed by atoms with Gasteiger partial charge in [-0.3, -0.25) is 0 Å². The molecule has 0 aromatic carbocycles. The molecule has 0 bridgehead atoms. The minimum absolute atomic E-state index is 0.307. The molecule has 0 radical (unpaired) electrons. The van der Waals surface area contributed by atoms with Gasteiger partial charge in [0.1, 0.15) is 5.54 Å². The van der Waals surface area contributed by atoms with Crippen molar-refractivity contribution < 1.29 is 0 Å². The van der Waals surface area contributed by atoms with E-state index >= 15 is 0 Å². The highest BCUT2D eigenvalue weighted by Gasteiger charge is 2.70. The summed E-state index contributed by atoms with van der Waals surface area (Å²) < 4.78 is 0. The van der Waals surface area contributed by atoms with Crippen molar-refractivity contribution >= 4 is 0 Å². The van der Waals surface area contributed by atoms with Crippen LogP contribution in [-0.2, 0) is 0 Å². The monoisotopic (exact) mass is 437 g/mol. The molecular formula is C30H47NO. The normalized spacial score (nSPS) is 53.8. The molecule has 5 rings (SSSR count). The van der Waals surface area contributed by atoms with E-state index in [1.54, 1.807) is 5.57 Å². The SMILES string of the molecule is C=C(C)[C@@H]1CC[C@]2(N=O)CC[C@]3(C)[C@H](CC[C@@H]4[C@@]5(C)CC=C(C)C(C)(C)[C@@H]5CC[C@]43C)[C@@H]12. The van der Waals surface area contributed by atoms with Gasteiger partial charge < -0.3 is 0 Å². The van der Waals surface area contributed by atoms with Crippen molar-refractivity contribution in [3.63, 3.8) is 0 Å². The summed E-state index contributed by atoms with van der Waals surface area (Å²) in [6, 6.07) is 0. The summed E-state index contributed by atoms with van der Waals surface area (Å²) in [5.74, 6) is 3.09. The maximum Gasteiger partial charge on any atom is 0.106 e. The third kappa shape index (κ3) is 2.54. The average molecular weight is 438 g/mol. The lowest BCUT2D eigenvalue weighted by molar-refractivity contribution is -0.219. The molecule has 32 heavy (non-hydrogen) atoms. The molecule has 0 aromatic rings. The van der Waals surface area contributed by atoms with Gasteiger partial charge in [0, 0.05) is 0 Å². The Labute approximate surface area is 197 Å². The lowest BCUT2D eigenvalue weighted by Gasteiger charge is -2.72. The molecule has 0 amide bonds. The van der Waals surface area contributed by atoms with E-state index in [1.165, 1.54) is 44.1 Å². The number of hydrogen-bond donors (Lipinski definition) is 0. The molecule has 0 N–H and O–H groups in total. The Balaban J connectivity index is 1.57. The summed E-state index contributed by atoms with van der Waals surface area (Å²) in [4.78, 5) is 12.3. The second-order valence-corrected chi connectivity index (χ2v) is 14.2. The zero-order chi connectivity index (χ0) is 23.3. The zero-order valence-corrected chi connectivity index (χ0v) is 21.9. The summed E-state index contributed by atoms with van der Waals surface area (Å²) in [6.07, 6.45) is 13.5. The molecule has 0 spiro atoms. The van der Waals surface area contributed by atoms with E-state index in [9.17, 15) is 4.91 Å². The number of rotatable bonds is 2. The van der Waals surface area contributed by atoms with Gasteiger partial charge in [0.15, 0.2) is 0 Å². The molecule has 0 saturated heterocycles. The van der Waals surface area contributed by atoms with Gasteiger partial charge in [0.05, 0.1) is 0 Å². The Morgan fingerprint density at radius 1 is 0.938 bits per heavy atom. The first kappa shape index (κ1) is 22.9. The summed E-state index contributed by atoms with van der Waals surface area (Å²) in [7, 11) is 0. The average Bonchev–Trinajstić information content (AvgIpc) is 3.12. The number of hydrogen-bond acceptors (Lipinski definition) is 2. The fourth-order valence-corrected chi connectivity index (χ4v) is 11.0. The van der Waals surface area contributed by atoms with Crippen LogP contribution in [-0.4, -0.2) is 5.54 Å². The van der Waals surface area contributed by atoms with Gasteiger partial charge in [-0.2, -0.15) is 4.91 Å². The standard InChI is InChI=1S/C30H47NO/c1-19(2)21-12-16-30(31-32)18-17-28(7)22(25(21)30)9-10-24-27(6)14-11-20(3)26(4,5)23(27)13-15-29(24,28)8/h11,21-25H,1,9-10,12-18H2,2-8H3/t21-,22+,23-,24+,25+,27-,28+,29+,30-/m0/s1. The van der Waals surface area contributed by atoms with Gasteiger partial charge in [-0.25, -0.2) is 0 Å². The molecule has 0 aromatic heterocycles. The van der Waals surface area contributed by atoms with Crippen LogP contribution in [0.5, 0.6) is 0 Å². The minimum Gasteiger partial charge on any atom is -0.150 e. The van der Waals surface area contributed by atoms with E-state index in [2.05, 4.69) is 66.3 Å². The van der Waals surface area contributed by atoms with E-state index in [0.717, 1.165) is 31.1 Å². The van der Waals surface area contributed by atoms with Crippen molar-refractivity contribution in [3.8, 4) is 0 Å². The first-order chi connectivity index (χ1) is 14.9. The molecule has 178 valence electrons. The Bertz CT molecular complexity index is 870. The number of nitrogens with zero attached hydrogens (tertiary/aromatic N) is 1. The highest BCUT2D eigenvalue weighted by molar-refractivity contribution is 5.27. The van der Waals surface area contributed by atoms with Crippen LogP contribution in [0.15, 0.2) is 29.0 Å². The Kier molecular flexibility index (Phi) is 4.87. The maximum atomic E-state index is 12.3. The minimum atomic E-state index is -0.315. The lowest BCUT2D eigenvalue weighted by Crippen LogP contribution is -2.66. The summed E-state index contributed by atoms with van der Waals surface area (Å²) in [5, 5.41) is 3.93. The molecule has 5 aliphatic rings. The summed E-state index contributed by atoms with van der Waals surface area (Å²) >= 11 is 0. The highest BCUT2D eigenvalue weighted by Crippen LogP contribution is 2.76. The molecule has 0 unspecified atom stereocenters. The third-order valence-corrected chi connectivity index (χ3v) is 13.2. The van der Waals surface area contributed by atoms with Crippen molar-refractivity contribution in [2.75, 3.05) is 0 Å². The van der Waals surface area contributed by atoms with Crippen molar-refractivity contribution in [2.45, 2.75) is 112 Å². The van der Waals surface area contributed by atoms with Gasteiger partial charge >= 0.3 is 0 Å². The smallest absolute Gasteiger partial charge is 0.106 e. The van der Waals surface area contributed by atoms with Crippen LogP contribution in [0.25, 0.3) is 0 Å². The van der Waals surface area contributed by atoms with Crippen molar-refractivity contribution in [1.82, 2.24) is 0 Å². The van der Waals surface area contributed by atoms with Crippen LogP contribution in [0.3, 0.4) is 0 Å². The van der Waals surface area contributed by atoms with E-state index < -0.39 is 0 Å². The molecule has 0 aliphatic heterocycles. The molecular weight excluding hydrogens is 390 g/mol. The fraction of sp³-hybridized carbons (Fsp3) is 0.867. The van der Waals surface area contributed by atoms with E-state index in [4.69, 9.17) is 0 Å². The Morgan fingerprint density at radius 3 is 2.31 bits per heavy atom. The Morgan fingerprint density at radius 2 is 1.66 bits per heavy atom. The molecule has 2 heteroatoms. The first-order valence-electron chi connectivity index (χ1n) is 13.5. The molecule has 2 nitrogen and oxygen atoms in total. The van der Waals surface area contributed by atoms with Gasteiger partial charge in [-0.05, 0) is 123 Å². The second kappa shape index (κ2) is 6.82. The molecule has 4 fully saturated rings. The van der Waals surface area contributed by atoms with E-state index in [1.807, 2.05) is 0 Å². The molecule has 5 aliphatic carbocycles. The molecule has 9 atom stereocenters. The first-order valence-corrected chi connectivity index (χ1v) is 13.5. The topological polar surface area (TPSA) is 29.4 Å². The molecule has 0 heterocycles. The maximum absolute atomic E-state index is 12.3. The second-order valence-electron chi connectivity index (χ2n) is 14.2. The van der Waals surface area contributed by atoms with Gasteiger partial charge in [0.2, 0.25) is 0 Å². The zero-order valence-electron chi connectivity index (χ0n) is 21.9. The van der Waals surface area contributed by atoms with Crippen LogP contribution in [0.4, 0.5) is 0 Å². The Hall–Kier alpha value is -0.920. The van der Waals surface area contributed by atoms with Crippen molar-refractivity contribution in [2.24, 2.45) is 56.4 Å². The largest absolute Gasteiger partial charge is 0.150 e. The summed E-state index contributed by atoms with van der Waals surface area (Å²) in [6.45, 7) is 22.0. The fourth-order valence-electron chi connectivity index (χ4n) is 11.0. The van der Waals surface area contributed by atoms with Gasteiger partial charge in [0.25, 0.3) is 0 Å². The van der Waals surface area contributed by atoms with Crippen LogP contribution < -0.4 is 0 Å². The predicted octanol–water partition coefficient (Wildman–Crippen LogP) is 8.72. The van der Waals surface area contributed by atoms with E-state index in [-0.39, 0.29) is 5.54 Å². The van der Waals surface area contributed by atoms with E-state index in [0.29, 0.717) is 39.4 Å². The van der Waals surface area contributed by atoms with Crippen LogP contribution in [0.1, 0.15) is 106 Å².